The number of aromatic nitrogens is 3. The number of rotatable bonds is 6. The van der Waals surface area contributed by atoms with Gasteiger partial charge in [0.25, 0.3) is 0 Å². The van der Waals surface area contributed by atoms with E-state index >= 15 is 0 Å². The van der Waals surface area contributed by atoms with Crippen molar-refractivity contribution < 1.29 is 4.42 Å². The van der Waals surface area contributed by atoms with Crippen LogP contribution in [0.1, 0.15) is 25.4 Å². The van der Waals surface area contributed by atoms with Gasteiger partial charge in [-0.1, -0.05) is 13.8 Å². The van der Waals surface area contributed by atoms with E-state index in [2.05, 4.69) is 29.2 Å². The first kappa shape index (κ1) is 11.9. The molecule has 0 saturated heterocycles. The number of nitrogens with zero attached hydrogens (tertiary/aromatic N) is 3. The van der Waals surface area contributed by atoms with Crippen molar-refractivity contribution in [1.29, 1.82) is 0 Å². The van der Waals surface area contributed by atoms with E-state index in [1.165, 1.54) is 6.33 Å². The van der Waals surface area contributed by atoms with Gasteiger partial charge in [-0.05, 0) is 24.6 Å². The fourth-order valence-electron chi connectivity index (χ4n) is 1.56. The van der Waals surface area contributed by atoms with Crippen LogP contribution in [-0.2, 0) is 13.1 Å². The number of hydrogen-bond donors (Lipinski definition) is 1. The Labute approximate surface area is 101 Å². The van der Waals surface area contributed by atoms with Crippen LogP contribution in [0.5, 0.6) is 0 Å². The second-order valence-electron chi connectivity index (χ2n) is 4.49. The van der Waals surface area contributed by atoms with Crippen molar-refractivity contribution in [1.82, 2.24) is 20.1 Å². The zero-order valence-electron chi connectivity index (χ0n) is 10.3. The molecule has 0 aliphatic rings. The van der Waals surface area contributed by atoms with E-state index in [9.17, 15) is 0 Å². The van der Waals surface area contributed by atoms with E-state index in [0.717, 1.165) is 24.6 Å². The number of nitrogens with one attached hydrogen (secondary N) is 1. The Hall–Kier alpha value is -1.62. The molecule has 0 aliphatic heterocycles. The van der Waals surface area contributed by atoms with Gasteiger partial charge >= 0.3 is 0 Å². The van der Waals surface area contributed by atoms with Crippen LogP contribution in [0, 0.1) is 5.92 Å². The van der Waals surface area contributed by atoms with Crippen molar-refractivity contribution in [3.8, 4) is 0 Å². The van der Waals surface area contributed by atoms with Crippen molar-refractivity contribution in [2.45, 2.75) is 26.9 Å². The van der Waals surface area contributed by atoms with Crippen molar-refractivity contribution in [2.75, 3.05) is 6.54 Å². The predicted octanol–water partition coefficient (Wildman–Crippen LogP) is 1.67. The average molecular weight is 234 g/mol. The Morgan fingerprint density at radius 2 is 2.18 bits per heavy atom. The molecule has 2 heterocycles. The van der Waals surface area contributed by atoms with Crippen molar-refractivity contribution in [2.24, 2.45) is 5.92 Å². The lowest BCUT2D eigenvalue weighted by Gasteiger charge is -2.04. The molecule has 0 radical (unpaired) electrons. The third-order valence-electron chi connectivity index (χ3n) is 2.35. The van der Waals surface area contributed by atoms with E-state index in [4.69, 9.17) is 4.42 Å². The molecule has 5 heteroatoms. The van der Waals surface area contributed by atoms with Crippen LogP contribution in [0.2, 0.25) is 0 Å². The molecule has 0 unspecified atom stereocenters. The molecular formula is C12H18N4O. The Bertz CT molecular complexity index is 433. The molecule has 2 rings (SSSR count). The molecule has 92 valence electrons. The summed E-state index contributed by atoms with van der Waals surface area (Å²) in [5.74, 6) is 2.51. The Balaban J connectivity index is 1.83. The zero-order chi connectivity index (χ0) is 12.1. The minimum atomic E-state index is 0.629. The van der Waals surface area contributed by atoms with Crippen LogP contribution in [0.4, 0.5) is 0 Å². The molecule has 2 aromatic heterocycles. The molecule has 0 atom stereocenters. The highest BCUT2D eigenvalue weighted by Crippen LogP contribution is 2.08. The highest BCUT2D eigenvalue weighted by Gasteiger charge is 2.03. The second kappa shape index (κ2) is 5.63. The predicted molar refractivity (Wildman–Crippen MR) is 64.4 cm³/mol. The van der Waals surface area contributed by atoms with Crippen molar-refractivity contribution in [3.63, 3.8) is 0 Å². The molecule has 0 fully saturated rings. The Morgan fingerprint density at radius 1 is 1.35 bits per heavy atom. The fourth-order valence-corrected chi connectivity index (χ4v) is 1.56. The normalized spacial score (nSPS) is 11.2. The lowest BCUT2D eigenvalue weighted by molar-refractivity contribution is 0.422. The topological polar surface area (TPSA) is 55.9 Å². The molecular weight excluding hydrogens is 216 g/mol. The largest absolute Gasteiger partial charge is 0.463 e. The molecule has 17 heavy (non-hydrogen) atoms. The Morgan fingerprint density at radius 3 is 2.88 bits per heavy atom. The van der Waals surface area contributed by atoms with Gasteiger partial charge in [-0.15, -0.1) is 0 Å². The number of hydrogen-bond acceptors (Lipinski definition) is 4. The maximum atomic E-state index is 5.69. The molecule has 0 saturated carbocycles. The van der Waals surface area contributed by atoms with Gasteiger partial charge in [-0.3, -0.25) is 0 Å². The van der Waals surface area contributed by atoms with Gasteiger partial charge in [0.1, 0.15) is 30.7 Å². The van der Waals surface area contributed by atoms with Crippen LogP contribution in [0.25, 0.3) is 0 Å². The van der Waals surface area contributed by atoms with E-state index in [1.54, 1.807) is 11.0 Å². The minimum absolute atomic E-state index is 0.629. The van der Waals surface area contributed by atoms with Crippen LogP contribution in [-0.4, -0.2) is 21.3 Å². The van der Waals surface area contributed by atoms with Crippen molar-refractivity contribution >= 4 is 0 Å². The maximum absolute atomic E-state index is 5.69. The Kier molecular flexibility index (Phi) is 3.93. The summed E-state index contributed by atoms with van der Waals surface area (Å²) in [5, 5.41) is 7.38. The smallest absolute Gasteiger partial charge is 0.137 e. The van der Waals surface area contributed by atoms with E-state index in [-0.39, 0.29) is 0 Å². The summed E-state index contributed by atoms with van der Waals surface area (Å²) in [5.41, 5.74) is 0. The van der Waals surface area contributed by atoms with Gasteiger partial charge in [0.05, 0.1) is 6.54 Å². The molecule has 0 bridgehead atoms. The van der Waals surface area contributed by atoms with Gasteiger partial charge in [0, 0.05) is 0 Å². The van der Waals surface area contributed by atoms with E-state index < -0.39 is 0 Å². The summed E-state index contributed by atoms with van der Waals surface area (Å²) in [4.78, 5) is 3.89. The van der Waals surface area contributed by atoms with Gasteiger partial charge in [-0.2, -0.15) is 5.10 Å². The third kappa shape index (κ3) is 3.71. The van der Waals surface area contributed by atoms with Gasteiger partial charge < -0.3 is 9.73 Å². The molecule has 1 N–H and O–H groups in total. The third-order valence-corrected chi connectivity index (χ3v) is 2.35. The summed E-state index contributed by atoms with van der Waals surface area (Å²) in [6, 6.07) is 3.98. The minimum Gasteiger partial charge on any atom is -0.463 e. The first-order valence-electron chi connectivity index (χ1n) is 5.85. The highest BCUT2D eigenvalue weighted by atomic mass is 16.3. The van der Waals surface area contributed by atoms with E-state index in [1.807, 2.05) is 12.1 Å². The van der Waals surface area contributed by atoms with Gasteiger partial charge in [0.15, 0.2) is 0 Å². The standard InChI is InChI=1S/C12H18N4O/c1-10(2)5-13-6-11-3-4-12(17-11)7-16-9-14-8-15-16/h3-4,8-10,13H,5-7H2,1-2H3. The zero-order valence-corrected chi connectivity index (χ0v) is 10.3. The molecule has 0 amide bonds. The van der Waals surface area contributed by atoms with Crippen LogP contribution < -0.4 is 5.32 Å². The summed E-state index contributed by atoms with van der Waals surface area (Å²) in [7, 11) is 0. The first-order valence-corrected chi connectivity index (χ1v) is 5.85. The van der Waals surface area contributed by atoms with E-state index in [0.29, 0.717) is 12.5 Å². The quantitative estimate of drug-likeness (QED) is 0.826. The lowest BCUT2D eigenvalue weighted by atomic mass is 10.2. The van der Waals surface area contributed by atoms with Gasteiger partial charge in [0.2, 0.25) is 0 Å². The summed E-state index contributed by atoms with van der Waals surface area (Å²) >= 11 is 0. The number of furan rings is 1. The summed E-state index contributed by atoms with van der Waals surface area (Å²) < 4.78 is 7.43. The fraction of sp³-hybridized carbons (Fsp3) is 0.500. The van der Waals surface area contributed by atoms with Crippen LogP contribution in [0.15, 0.2) is 29.2 Å². The maximum Gasteiger partial charge on any atom is 0.137 e. The molecule has 0 aliphatic carbocycles. The molecule has 0 aromatic carbocycles. The summed E-state index contributed by atoms with van der Waals surface area (Å²) in [6.45, 7) is 6.77. The highest BCUT2D eigenvalue weighted by molar-refractivity contribution is 5.07. The lowest BCUT2D eigenvalue weighted by Crippen LogP contribution is -2.18. The monoisotopic (exact) mass is 234 g/mol. The van der Waals surface area contributed by atoms with Crippen LogP contribution in [0.3, 0.4) is 0 Å². The SMILES string of the molecule is CC(C)CNCc1ccc(Cn2cncn2)o1. The molecule has 0 spiro atoms. The first-order chi connectivity index (χ1) is 8.24. The average Bonchev–Trinajstić information content (AvgIpc) is 2.90. The molecule has 2 aromatic rings. The van der Waals surface area contributed by atoms with Crippen molar-refractivity contribution in [3.05, 3.63) is 36.3 Å². The van der Waals surface area contributed by atoms with Gasteiger partial charge in [-0.25, -0.2) is 9.67 Å². The second-order valence-corrected chi connectivity index (χ2v) is 4.49. The van der Waals surface area contributed by atoms with Crippen LogP contribution >= 0.6 is 0 Å². The molecule has 5 nitrogen and oxygen atoms in total. The summed E-state index contributed by atoms with van der Waals surface area (Å²) in [6.07, 6.45) is 3.20.